The zero-order chi connectivity index (χ0) is 20.8. The van der Waals surface area contributed by atoms with E-state index < -0.39 is 0 Å². The first-order valence-corrected chi connectivity index (χ1v) is 10.7. The Morgan fingerprint density at radius 3 is 2.00 bits per heavy atom. The Hall–Kier alpha value is -3.38. The highest BCUT2D eigenvalue weighted by Crippen LogP contribution is 2.28. The van der Waals surface area contributed by atoms with Gasteiger partial charge in [-0.2, -0.15) is 0 Å². The molecule has 30 heavy (non-hydrogen) atoms. The molecule has 1 aliphatic rings. The summed E-state index contributed by atoms with van der Waals surface area (Å²) in [4.78, 5) is 31.7. The summed E-state index contributed by atoms with van der Waals surface area (Å²) in [7, 11) is 0. The van der Waals surface area contributed by atoms with E-state index in [4.69, 9.17) is 0 Å². The molecule has 5 nitrogen and oxygen atoms in total. The second-order valence-electron chi connectivity index (χ2n) is 6.80. The molecular weight excluding hydrogens is 394 g/mol. The van der Waals surface area contributed by atoms with Gasteiger partial charge in [-0.1, -0.05) is 78.5 Å². The Labute approximate surface area is 179 Å². The lowest BCUT2D eigenvalue weighted by molar-refractivity contribution is -0.120. The summed E-state index contributed by atoms with van der Waals surface area (Å²) in [6, 6.07) is 28.6. The Morgan fingerprint density at radius 2 is 1.43 bits per heavy atom. The summed E-state index contributed by atoms with van der Waals surface area (Å²) in [5, 5.41) is 3.27. The van der Waals surface area contributed by atoms with Crippen molar-refractivity contribution < 1.29 is 9.59 Å². The highest BCUT2D eigenvalue weighted by Gasteiger charge is 2.24. The predicted molar refractivity (Wildman–Crippen MR) is 122 cm³/mol. The van der Waals surface area contributed by atoms with E-state index in [1.807, 2.05) is 91.0 Å². The van der Waals surface area contributed by atoms with E-state index in [2.05, 4.69) is 10.3 Å². The standard InChI is InChI=1S/C24H21N3O2S/c28-22-16-21(18-10-4-1-5-11-18)25-24(26-22)30-17-23(29)27(19-12-6-2-7-13-19)20-14-8-3-9-15-20/h1-15,21H,16-17H2,(H,25,26,28)/t21-/m0/s1. The number of benzene rings is 3. The van der Waals surface area contributed by atoms with Crippen molar-refractivity contribution in [2.24, 2.45) is 4.99 Å². The number of nitrogens with one attached hydrogen (secondary N) is 1. The van der Waals surface area contributed by atoms with Crippen LogP contribution in [0.3, 0.4) is 0 Å². The minimum absolute atomic E-state index is 0.0863. The second-order valence-corrected chi connectivity index (χ2v) is 7.77. The maximum atomic E-state index is 13.2. The van der Waals surface area contributed by atoms with Gasteiger partial charge in [0.15, 0.2) is 5.17 Å². The van der Waals surface area contributed by atoms with Crippen molar-refractivity contribution >= 4 is 40.1 Å². The molecule has 0 bridgehead atoms. The molecule has 1 aliphatic heterocycles. The van der Waals surface area contributed by atoms with Gasteiger partial charge in [0, 0.05) is 11.4 Å². The number of thioether (sulfide) groups is 1. The lowest BCUT2D eigenvalue weighted by atomic mass is 10.0. The van der Waals surface area contributed by atoms with Gasteiger partial charge >= 0.3 is 0 Å². The first-order chi connectivity index (χ1) is 14.7. The molecule has 0 unspecified atom stereocenters. The van der Waals surface area contributed by atoms with Crippen LogP contribution >= 0.6 is 11.8 Å². The number of rotatable bonds is 5. The van der Waals surface area contributed by atoms with Crippen molar-refractivity contribution in [3.63, 3.8) is 0 Å². The molecule has 1 N–H and O–H groups in total. The van der Waals surface area contributed by atoms with Crippen molar-refractivity contribution in [1.29, 1.82) is 0 Å². The minimum Gasteiger partial charge on any atom is -0.305 e. The molecule has 4 rings (SSSR count). The third-order valence-corrected chi connectivity index (χ3v) is 5.57. The molecule has 0 aromatic heterocycles. The number of carbonyl (C=O) groups is 2. The van der Waals surface area contributed by atoms with Crippen LogP contribution in [-0.2, 0) is 9.59 Å². The first-order valence-electron chi connectivity index (χ1n) is 9.69. The van der Waals surface area contributed by atoms with Gasteiger partial charge < -0.3 is 5.32 Å². The fourth-order valence-electron chi connectivity index (χ4n) is 3.29. The molecule has 0 fully saturated rings. The van der Waals surface area contributed by atoms with Crippen LogP contribution in [0.2, 0.25) is 0 Å². The number of carbonyl (C=O) groups excluding carboxylic acids is 2. The number of amidine groups is 1. The average Bonchev–Trinajstić information content (AvgIpc) is 2.80. The first kappa shape index (κ1) is 19.9. The van der Waals surface area contributed by atoms with E-state index in [1.165, 1.54) is 11.8 Å². The van der Waals surface area contributed by atoms with Crippen molar-refractivity contribution in [2.45, 2.75) is 12.5 Å². The molecule has 3 aromatic rings. The van der Waals surface area contributed by atoms with Gasteiger partial charge in [0.05, 0.1) is 18.2 Å². The molecule has 0 radical (unpaired) electrons. The second kappa shape index (κ2) is 9.41. The number of para-hydroxylation sites is 2. The van der Waals surface area contributed by atoms with E-state index in [1.54, 1.807) is 4.90 Å². The van der Waals surface area contributed by atoms with Crippen LogP contribution < -0.4 is 10.2 Å². The summed E-state index contributed by atoms with van der Waals surface area (Å²) in [5.74, 6) is -0.0160. The Morgan fingerprint density at radius 1 is 0.900 bits per heavy atom. The normalized spacial score (nSPS) is 15.8. The monoisotopic (exact) mass is 415 g/mol. The van der Waals surface area contributed by atoms with Gasteiger partial charge in [-0.15, -0.1) is 0 Å². The molecule has 0 spiro atoms. The molecule has 150 valence electrons. The number of aliphatic imine (C=N–C) groups is 1. The van der Waals surface area contributed by atoms with E-state index in [0.717, 1.165) is 16.9 Å². The molecular formula is C24H21N3O2S. The van der Waals surface area contributed by atoms with E-state index in [9.17, 15) is 9.59 Å². The van der Waals surface area contributed by atoms with Gasteiger partial charge in [0.25, 0.3) is 0 Å². The number of anilines is 2. The van der Waals surface area contributed by atoms with Gasteiger partial charge in [-0.25, -0.2) is 0 Å². The van der Waals surface area contributed by atoms with E-state index >= 15 is 0 Å². The maximum absolute atomic E-state index is 13.2. The minimum atomic E-state index is -0.225. The summed E-state index contributed by atoms with van der Waals surface area (Å²) in [5.41, 5.74) is 2.59. The Bertz CT molecular complexity index is 1000. The van der Waals surface area contributed by atoms with Crippen molar-refractivity contribution in [3.8, 4) is 0 Å². The molecule has 2 amide bonds. The van der Waals surface area contributed by atoms with Crippen LogP contribution in [-0.4, -0.2) is 22.7 Å². The Balaban J connectivity index is 1.52. The maximum Gasteiger partial charge on any atom is 0.242 e. The highest BCUT2D eigenvalue weighted by molar-refractivity contribution is 8.14. The molecule has 0 saturated carbocycles. The molecule has 3 aromatic carbocycles. The molecule has 1 heterocycles. The third kappa shape index (κ3) is 4.78. The lowest BCUT2D eigenvalue weighted by Gasteiger charge is -2.24. The SMILES string of the molecule is O=C1C[C@@H](c2ccccc2)N=C(SCC(=O)N(c2ccccc2)c2ccccc2)N1. The number of amides is 2. The largest absolute Gasteiger partial charge is 0.305 e. The predicted octanol–water partition coefficient (Wildman–Crippen LogP) is 4.70. The van der Waals surface area contributed by atoms with Crippen LogP contribution in [0.15, 0.2) is 96.0 Å². The molecule has 0 saturated heterocycles. The third-order valence-electron chi connectivity index (χ3n) is 4.69. The smallest absolute Gasteiger partial charge is 0.242 e. The summed E-state index contributed by atoms with van der Waals surface area (Å²) >= 11 is 1.25. The van der Waals surface area contributed by atoms with Gasteiger partial charge in [0.2, 0.25) is 11.8 Å². The van der Waals surface area contributed by atoms with Gasteiger partial charge in [0.1, 0.15) is 0 Å². The van der Waals surface area contributed by atoms with Gasteiger partial charge in [-0.3, -0.25) is 19.5 Å². The topological polar surface area (TPSA) is 61.8 Å². The van der Waals surface area contributed by atoms with Crippen molar-refractivity contribution in [2.75, 3.05) is 10.7 Å². The molecule has 1 atom stereocenters. The summed E-state index contributed by atoms with van der Waals surface area (Å²) in [6.45, 7) is 0. The number of hydrogen-bond donors (Lipinski definition) is 1. The fraction of sp³-hybridized carbons (Fsp3) is 0.125. The molecule has 6 heteroatoms. The quantitative estimate of drug-likeness (QED) is 0.657. The fourth-order valence-corrected chi connectivity index (χ4v) is 4.07. The van der Waals surface area contributed by atoms with Crippen LogP contribution in [0.5, 0.6) is 0 Å². The van der Waals surface area contributed by atoms with E-state index in [0.29, 0.717) is 11.6 Å². The van der Waals surface area contributed by atoms with Crippen molar-refractivity contribution in [3.05, 3.63) is 96.6 Å². The van der Waals surface area contributed by atoms with Crippen LogP contribution in [0, 0.1) is 0 Å². The average molecular weight is 416 g/mol. The number of nitrogens with zero attached hydrogens (tertiary/aromatic N) is 2. The van der Waals surface area contributed by atoms with Gasteiger partial charge in [-0.05, 0) is 29.8 Å². The van der Waals surface area contributed by atoms with Crippen molar-refractivity contribution in [1.82, 2.24) is 5.32 Å². The van der Waals surface area contributed by atoms with Crippen LogP contribution in [0.4, 0.5) is 11.4 Å². The van der Waals surface area contributed by atoms with Crippen LogP contribution in [0.25, 0.3) is 0 Å². The zero-order valence-electron chi connectivity index (χ0n) is 16.3. The van der Waals surface area contributed by atoms with Crippen LogP contribution in [0.1, 0.15) is 18.0 Å². The highest BCUT2D eigenvalue weighted by atomic mass is 32.2. The van der Waals surface area contributed by atoms with E-state index in [-0.39, 0.29) is 23.6 Å². The molecule has 0 aliphatic carbocycles. The lowest BCUT2D eigenvalue weighted by Crippen LogP contribution is -2.36. The summed E-state index contributed by atoms with van der Waals surface area (Å²) in [6.07, 6.45) is 0.308. The summed E-state index contributed by atoms with van der Waals surface area (Å²) < 4.78 is 0. The number of hydrogen-bond acceptors (Lipinski definition) is 4. The Kier molecular flexibility index (Phi) is 6.25. The zero-order valence-corrected chi connectivity index (χ0v) is 17.1.